The first kappa shape index (κ1) is 12.3. The Labute approximate surface area is 113 Å². The minimum atomic E-state index is 0.165. The maximum absolute atomic E-state index is 11.8. The lowest BCUT2D eigenvalue weighted by Crippen LogP contribution is -2.34. The van der Waals surface area contributed by atoms with Gasteiger partial charge in [-0.15, -0.1) is 0 Å². The fourth-order valence-corrected chi connectivity index (χ4v) is 3.32. The quantitative estimate of drug-likeness (QED) is 0.774. The third-order valence-corrected chi connectivity index (χ3v) is 4.15. The lowest BCUT2D eigenvalue weighted by Gasteiger charge is -2.35. The second-order valence-electron chi connectivity index (χ2n) is 5.19. The van der Waals surface area contributed by atoms with E-state index in [0.29, 0.717) is 0 Å². The van der Waals surface area contributed by atoms with E-state index < -0.39 is 0 Å². The molecule has 3 heteroatoms. The third kappa shape index (κ3) is 1.93. The van der Waals surface area contributed by atoms with Crippen molar-refractivity contribution in [1.82, 2.24) is 4.90 Å². The molecule has 1 aliphatic carbocycles. The molecule has 100 valence electrons. The standard InChI is InChI=1S/C16H19NO2/c1-11(18)17-10-4-6-13-12-5-3-7-16(19-2)14(12)8-9-15(13)17/h3,5,7H,4,6,8-10H2,1-2H3. The summed E-state index contributed by atoms with van der Waals surface area (Å²) in [6, 6.07) is 6.23. The van der Waals surface area contributed by atoms with Crippen LogP contribution in [0.1, 0.15) is 37.3 Å². The zero-order chi connectivity index (χ0) is 13.4. The normalized spacial score (nSPS) is 17.9. The molecule has 1 amide bonds. The van der Waals surface area contributed by atoms with Gasteiger partial charge < -0.3 is 9.64 Å². The molecule has 3 nitrogen and oxygen atoms in total. The van der Waals surface area contributed by atoms with E-state index in [1.165, 1.54) is 22.4 Å². The van der Waals surface area contributed by atoms with Crippen molar-refractivity contribution in [2.45, 2.75) is 32.6 Å². The van der Waals surface area contributed by atoms with Crippen LogP contribution in [-0.4, -0.2) is 24.5 Å². The van der Waals surface area contributed by atoms with Crippen molar-refractivity contribution in [2.24, 2.45) is 0 Å². The number of amides is 1. The fourth-order valence-electron chi connectivity index (χ4n) is 3.32. The summed E-state index contributed by atoms with van der Waals surface area (Å²) in [4.78, 5) is 13.7. The number of ether oxygens (including phenoxy) is 1. The third-order valence-electron chi connectivity index (χ3n) is 4.15. The van der Waals surface area contributed by atoms with Gasteiger partial charge in [0.05, 0.1) is 7.11 Å². The number of fused-ring (bicyclic) bond motifs is 2. The van der Waals surface area contributed by atoms with Gasteiger partial charge in [-0.25, -0.2) is 0 Å². The van der Waals surface area contributed by atoms with Gasteiger partial charge in [-0.1, -0.05) is 12.1 Å². The Kier molecular flexibility index (Phi) is 3.05. The summed E-state index contributed by atoms with van der Waals surface area (Å²) in [5, 5.41) is 0. The van der Waals surface area contributed by atoms with Gasteiger partial charge in [-0.05, 0) is 42.9 Å². The highest BCUT2D eigenvalue weighted by molar-refractivity contribution is 5.82. The van der Waals surface area contributed by atoms with Gasteiger partial charge in [0.2, 0.25) is 5.91 Å². The molecule has 0 radical (unpaired) electrons. The lowest BCUT2D eigenvalue weighted by atomic mass is 9.83. The SMILES string of the molecule is COc1cccc2c1CCC1=C2CCCN1C(C)=O. The van der Waals surface area contributed by atoms with E-state index in [-0.39, 0.29) is 5.91 Å². The van der Waals surface area contributed by atoms with Crippen molar-refractivity contribution in [2.75, 3.05) is 13.7 Å². The molecule has 1 aliphatic heterocycles. The Bertz CT molecular complexity index is 560. The van der Waals surface area contributed by atoms with Gasteiger partial charge in [0.1, 0.15) is 5.75 Å². The van der Waals surface area contributed by atoms with Crippen molar-refractivity contribution in [3.05, 3.63) is 35.0 Å². The summed E-state index contributed by atoms with van der Waals surface area (Å²) in [5.41, 5.74) is 5.17. The van der Waals surface area contributed by atoms with Crippen molar-refractivity contribution in [3.63, 3.8) is 0 Å². The average Bonchev–Trinajstić information content (AvgIpc) is 2.45. The topological polar surface area (TPSA) is 29.5 Å². The second kappa shape index (κ2) is 4.72. The second-order valence-corrected chi connectivity index (χ2v) is 5.19. The largest absolute Gasteiger partial charge is 0.496 e. The fraction of sp³-hybridized carbons (Fsp3) is 0.438. The molecule has 0 atom stereocenters. The summed E-state index contributed by atoms with van der Waals surface area (Å²) >= 11 is 0. The van der Waals surface area contributed by atoms with Crippen LogP contribution in [0.15, 0.2) is 23.9 Å². The van der Waals surface area contributed by atoms with E-state index in [1.54, 1.807) is 14.0 Å². The predicted octanol–water partition coefficient (Wildman–Crippen LogP) is 2.99. The highest BCUT2D eigenvalue weighted by Crippen LogP contribution is 2.41. The Morgan fingerprint density at radius 2 is 2.11 bits per heavy atom. The van der Waals surface area contributed by atoms with Crippen molar-refractivity contribution >= 4 is 11.5 Å². The predicted molar refractivity (Wildman–Crippen MR) is 74.9 cm³/mol. The van der Waals surface area contributed by atoms with E-state index in [2.05, 4.69) is 6.07 Å². The summed E-state index contributed by atoms with van der Waals surface area (Å²) < 4.78 is 5.46. The van der Waals surface area contributed by atoms with Gasteiger partial charge in [0.25, 0.3) is 0 Å². The molecular weight excluding hydrogens is 238 g/mol. The number of carbonyl (C=O) groups excluding carboxylic acids is 1. The maximum atomic E-state index is 11.8. The number of nitrogens with zero attached hydrogens (tertiary/aromatic N) is 1. The van der Waals surface area contributed by atoms with Crippen molar-refractivity contribution in [3.8, 4) is 5.75 Å². The molecule has 1 aromatic carbocycles. The van der Waals surface area contributed by atoms with Crippen LogP contribution >= 0.6 is 0 Å². The molecule has 0 aromatic heterocycles. The monoisotopic (exact) mass is 257 g/mol. The molecule has 1 heterocycles. The lowest BCUT2D eigenvalue weighted by molar-refractivity contribution is -0.127. The molecule has 3 rings (SSSR count). The van der Waals surface area contributed by atoms with Crippen LogP contribution in [-0.2, 0) is 11.2 Å². The number of allylic oxidation sites excluding steroid dienone is 2. The zero-order valence-corrected chi connectivity index (χ0v) is 11.5. The Morgan fingerprint density at radius 1 is 1.26 bits per heavy atom. The maximum Gasteiger partial charge on any atom is 0.223 e. The van der Waals surface area contributed by atoms with Crippen molar-refractivity contribution in [1.29, 1.82) is 0 Å². The average molecular weight is 257 g/mol. The van der Waals surface area contributed by atoms with Crippen LogP contribution in [0.5, 0.6) is 5.75 Å². The van der Waals surface area contributed by atoms with E-state index in [4.69, 9.17) is 4.74 Å². The van der Waals surface area contributed by atoms with E-state index in [0.717, 1.165) is 38.0 Å². The zero-order valence-electron chi connectivity index (χ0n) is 11.5. The first-order chi connectivity index (χ1) is 9.22. The molecular formula is C16H19NO2. The van der Waals surface area contributed by atoms with Gasteiger partial charge in [-0.2, -0.15) is 0 Å². The van der Waals surface area contributed by atoms with E-state index >= 15 is 0 Å². The minimum absolute atomic E-state index is 0.165. The van der Waals surface area contributed by atoms with Gasteiger partial charge in [0, 0.05) is 24.7 Å². The number of rotatable bonds is 1. The van der Waals surface area contributed by atoms with E-state index in [9.17, 15) is 4.79 Å². The summed E-state index contributed by atoms with van der Waals surface area (Å²) in [7, 11) is 1.72. The smallest absolute Gasteiger partial charge is 0.223 e. The molecule has 19 heavy (non-hydrogen) atoms. The van der Waals surface area contributed by atoms with Crippen LogP contribution in [0.3, 0.4) is 0 Å². The molecule has 1 aromatic rings. The minimum Gasteiger partial charge on any atom is -0.496 e. The Balaban J connectivity index is 2.12. The summed E-state index contributed by atoms with van der Waals surface area (Å²) in [5.74, 6) is 1.14. The van der Waals surface area contributed by atoms with Crippen molar-refractivity contribution < 1.29 is 9.53 Å². The number of benzene rings is 1. The summed E-state index contributed by atoms with van der Waals surface area (Å²) in [6.07, 6.45) is 4.03. The van der Waals surface area contributed by atoms with Gasteiger partial charge in [-0.3, -0.25) is 4.79 Å². The highest BCUT2D eigenvalue weighted by Gasteiger charge is 2.28. The number of carbonyl (C=O) groups is 1. The van der Waals surface area contributed by atoms with Crippen LogP contribution in [0.4, 0.5) is 0 Å². The molecule has 0 spiro atoms. The van der Waals surface area contributed by atoms with Crippen LogP contribution < -0.4 is 4.74 Å². The highest BCUT2D eigenvalue weighted by atomic mass is 16.5. The first-order valence-electron chi connectivity index (χ1n) is 6.88. The van der Waals surface area contributed by atoms with Gasteiger partial charge >= 0.3 is 0 Å². The molecule has 0 N–H and O–H groups in total. The van der Waals surface area contributed by atoms with E-state index in [1.807, 2.05) is 17.0 Å². The molecule has 0 bridgehead atoms. The number of hydrogen-bond donors (Lipinski definition) is 0. The number of hydrogen-bond acceptors (Lipinski definition) is 2. The Hall–Kier alpha value is -1.77. The Morgan fingerprint density at radius 3 is 2.84 bits per heavy atom. The number of methoxy groups -OCH3 is 1. The van der Waals surface area contributed by atoms with Crippen LogP contribution in [0, 0.1) is 0 Å². The molecule has 0 fully saturated rings. The molecule has 2 aliphatic rings. The van der Waals surface area contributed by atoms with Gasteiger partial charge in [0.15, 0.2) is 0 Å². The molecule has 0 saturated carbocycles. The molecule has 0 unspecified atom stereocenters. The molecule has 0 saturated heterocycles. The van der Waals surface area contributed by atoms with Crippen LogP contribution in [0.2, 0.25) is 0 Å². The summed E-state index contributed by atoms with van der Waals surface area (Å²) in [6.45, 7) is 2.53. The first-order valence-corrected chi connectivity index (χ1v) is 6.88. The van der Waals surface area contributed by atoms with Crippen LogP contribution in [0.25, 0.3) is 5.57 Å².